The van der Waals surface area contributed by atoms with Gasteiger partial charge in [-0.2, -0.15) is 0 Å². The summed E-state index contributed by atoms with van der Waals surface area (Å²) >= 11 is 0. The third kappa shape index (κ3) is 6.36. The van der Waals surface area contributed by atoms with Gasteiger partial charge in [0.25, 0.3) is 0 Å². The molecule has 1 aliphatic heterocycles. The van der Waals surface area contributed by atoms with Crippen LogP contribution in [0.15, 0.2) is 0 Å². The van der Waals surface area contributed by atoms with Crippen molar-refractivity contribution in [3.8, 4) is 0 Å². The summed E-state index contributed by atoms with van der Waals surface area (Å²) in [5.74, 6) is 0.828. The lowest BCUT2D eigenvalue weighted by Gasteiger charge is -2.35. The monoisotopic (exact) mass is 298 g/mol. The van der Waals surface area contributed by atoms with Crippen molar-refractivity contribution in [2.75, 3.05) is 19.6 Å². The SMILES string of the molecule is CC(C)CC(CNC(=O)N1CCC(C)C(C)C1)CC(=O)O. The molecule has 5 nitrogen and oxygen atoms in total. The van der Waals surface area contributed by atoms with Gasteiger partial charge in [0.1, 0.15) is 0 Å². The van der Waals surface area contributed by atoms with Gasteiger partial charge in [-0.25, -0.2) is 4.79 Å². The average molecular weight is 298 g/mol. The number of piperidine rings is 1. The highest BCUT2D eigenvalue weighted by atomic mass is 16.4. The first kappa shape index (κ1) is 17.8. The van der Waals surface area contributed by atoms with E-state index in [4.69, 9.17) is 5.11 Å². The quantitative estimate of drug-likeness (QED) is 0.792. The summed E-state index contributed by atoms with van der Waals surface area (Å²) < 4.78 is 0. The second kappa shape index (κ2) is 8.25. The number of hydrogen-bond donors (Lipinski definition) is 2. The molecular weight excluding hydrogens is 268 g/mol. The lowest BCUT2D eigenvalue weighted by molar-refractivity contribution is -0.138. The number of aliphatic carboxylic acids is 1. The van der Waals surface area contributed by atoms with Gasteiger partial charge in [0, 0.05) is 26.1 Å². The minimum Gasteiger partial charge on any atom is -0.481 e. The molecule has 0 aromatic heterocycles. The van der Waals surface area contributed by atoms with E-state index in [-0.39, 0.29) is 18.4 Å². The minimum atomic E-state index is -0.796. The predicted octanol–water partition coefficient (Wildman–Crippen LogP) is 2.81. The molecule has 2 amide bonds. The van der Waals surface area contributed by atoms with Crippen LogP contribution in [0.25, 0.3) is 0 Å². The molecule has 1 saturated heterocycles. The van der Waals surface area contributed by atoms with Crippen molar-refractivity contribution in [1.29, 1.82) is 0 Å². The van der Waals surface area contributed by atoms with Crippen molar-refractivity contribution in [2.24, 2.45) is 23.7 Å². The van der Waals surface area contributed by atoms with Crippen LogP contribution in [0.1, 0.15) is 47.0 Å². The molecule has 5 heteroatoms. The Labute approximate surface area is 128 Å². The average Bonchev–Trinajstić information content (AvgIpc) is 2.37. The standard InChI is InChI=1S/C16H30N2O3/c1-11(2)7-14(8-15(19)20)9-17-16(21)18-6-5-12(3)13(4)10-18/h11-14H,5-10H2,1-4H3,(H,17,21)(H,19,20). The first-order valence-corrected chi connectivity index (χ1v) is 8.04. The zero-order chi connectivity index (χ0) is 16.0. The van der Waals surface area contributed by atoms with Crippen molar-refractivity contribution in [3.63, 3.8) is 0 Å². The van der Waals surface area contributed by atoms with E-state index in [1.54, 1.807) is 0 Å². The van der Waals surface area contributed by atoms with Gasteiger partial charge in [0.15, 0.2) is 0 Å². The van der Waals surface area contributed by atoms with Crippen molar-refractivity contribution in [2.45, 2.75) is 47.0 Å². The van der Waals surface area contributed by atoms with Crippen LogP contribution in [-0.2, 0) is 4.79 Å². The number of amides is 2. The van der Waals surface area contributed by atoms with Crippen molar-refractivity contribution in [3.05, 3.63) is 0 Å². The van der Waals surface area contributed by atoms with Crippen LogP contribution < -0.4 is 5.32 Å². The fourth-order valence-corrected chi connectivity index (χ4v) is 2.94. The van der Waals surface area contributed by atoms with Gasteiger partial charge in [-0.1, -0.05) is 27.7 Å². The van der Waals surface area contributed by atoms with E-state index >= 15 is 0 Å². The van der Waals surface area contributed by atoms with E-state index in [0.29, 0.717) is 24.3 Å². The number of likely N-dealkylation sites (tertiary alicyclic amines) is 1. The normalized spacial score (nSPS) is 24.0. The summed E-state index contributed by atoms with van der Waals surface area (Å²) in [4.78, 5) is 24.9. The molecule has 21 heavy (non-hydrogen) atoms. The Balaban J connectivity index is 2.43. The number of urea groups is 1. The number of carbonyl (C=O) groups is 2. The van der Waals surface area contributed by atoms with Crippen LogP contribution >= 0.6 is 0 Å². The maximum Gasteiger partial charge on any atom is 0.317 e. The molecule has 1 heterocycles. The number of carbonyl (C=O) groups excluding carboxylic acids is 1. The predicted molar refractivity (Wildman–Crippen MR) is 83.1 cm³/mol. The summed E-state index contributed by atoms with van der Waals surface area (Å²) in [6.45, 7) is 10.6. The van der Waals surface area contributed by atoms with E-state index in [0.717, 1.165) is 25.9 Å². The summed E-state index contributed by atoms with van der Waals surface area (Å²) in [7, 11) is 0. The van der Waals surface area contributed by atoms with Gasteiger partial charge >= 0.3 is 12.0 Å². The van der Waals surface area contributed by atoms with Crippen molar-refractivity contribution in [1.82, 2.24) is 10.2 Å². The number of hydrogen-bond acceptors (Lipinski definition) is 2. The van der Waals surface area contributed by atoms with Gasteiger partial charge in [0.05, 0.1) is 0 Å². The lowest BCUT2D eigenvalue weighted by Crippen LogP contribution is -2.48. The Kier molecular flexibility index (Phi) is 6.99. The second-order valence-electron chi connectivity index (χ2n) is 6.97. The Morgan fingerprint density at radius 1 is 1.29 bits per heavy atom. The van der Waals surface area contributed by atoms with E-state index in [1.807, 2.05) is 4.90 Å². The van der Waals surface area contributed by atoms with Crippen molar-refractivity contribution >= 4 is 12.0 Å². The fourth-order valence-electron chi connectivity index (χ4n) is 2.94. The zero-order valence-corrected chi connectivity index (χ0v) is 13.8. The molecule has 0 aliphatic carbocycles. The maximum absolute atomic E-state index is 12.2. The third-order valence-electron chi connectivity index (χ3n) is 4.43. The molecule has 0 saturated carbocycles. The molecule has 3 atom stereocenters. The van der Waals surface area contributed by atoms with Gasteiger partial charge < -0.3 is 15.3 Å². The summed E-state index contributed by atoms with van der Waals surface area (Å²) in [5, 5.41) is 11.9. The van der Waals surface area contributed by atoms with Crippen LogP contribution in [0.5, 0.6) is 0 Å². The topological polar surface area (TPSA) is 69.6 Å². The molecule has 1 aliphatic rings. The first-order valence-electron chi connectivity index (χ1n) is 8.04. The van der Waals surface area contributed by atoms with E-state index in [9.17, 15) is 9.59 Å². The minimum absolute atomic E-state index is 0.00703. The number of nitrogens with zero attached hydrogens (tertiary/aromatic N) is 1. The van der Waals surface area contributed by atoms with Crippen LogP contribution in [0.4, 0.5) is 4.79 Å². The molecule has 0 aromatic carbocycles. The molecule has 1 rings (SSSR count). The Bertz CT molecular complexity index is 357. The highest BCUT2D eigenvalue weighted by Crippen LogP contribution is 2.22. The smallest absolute Gasteiger partial charge is 0.317 e. The van der Waals surface area contributed by atoms with Crippen molar-refractivity contribution < 1.29 is 14.7 Å². The van der Waals surface area contributed by atoms with Gasteiger partial charge in [-0.15, -0.1) is 0 Å². The molecular formula is C16H30N2O3. The van der Waals surface area contributed by atoms with Crippen LogP contribution in [0, 0.1) is 23.7 Å². The van der Waals surface area contributed by atoms with Crippen LogP contribution in [-0.4, -0.2) is 41.6 Å². The van der Waals surface area contributed by atoms with Gasteiger partial charge in [-0.05, 0) is 36.5 Å². The Hall–Kier alpha value is -1.26. The zero-order valence-electron chi connectivity index (χ0n) is 13.8. The van der Waals surface area contributed by atoms with Crippen LogP contribution in [0.3, 0.4) is 0 Å². The molecule has 122 valence electrons. The summed E-state index contributed by atoms with van der Waals surface area (Å²) in [5.41, 5.74) is 0. The van der Waals surface area contributed by atoms with E-state index in [1.165, 1.54) is 0 Å². The first-order chi connectivity index (χ1) is 9.79. The number of nitrogens with one attached hydrogen (secondary N) is 1. The summed E-state index contributed by atoms with van der Waals surface area (Å²) in [6, 6.07) is -0.0482. The van der Waals surface area contributed by atoms with E-state index < -0.39 is 5.97 Å². The number of carboxylic acid groups (broad SMARTS) is 1. The van der Waals surface area contributed by atoms with Gasteiger partial charge in [0.2, 0.25) is 0 Å². The van der Waals surface area contributed by atoms with Gasteiger partial charge in [-0.3, -0.25) is 4.79 Å². The third-order valence-corrected chi connectivity index (χ3v) is 4.43. The fraction of sp³-hybridized carbons (Fsp3) is 0.875. The number of carboxylic acids is 1. The second-order valence-corrected chi connectivity index (χ2v) is 6.97. The molecule has 0 radical (unpaired) electrons. The molecule has 2 N–H and O–H groups in total. The van der Waals surface area contributed by atoms with E-state index in [2.05, 4.69) is 33.0 Å². The molecule has 0 aromatic rings. The summed E-state index contributed by atoms with van der Waals surface area (Å²) in [6.07, 6.45) is 1.98. The Morgan fingerprint density at radius 3 is 2.48 bits per heavy atom. The number of rotatable bonds is 6. The Morgan fingerprint density at radius 2 is 1.95 bits per heavy atom. The molecule has 0 spiro atoms. The van der Waals surface area contributed by atoms with Crippen LogP contribution in [0.2, 0.25) is 0 Å². The highest BCUT2D eigenvalue weighted by molar-refractivity contribution is 5.74. The largest absolute Gasteiger partial charge is 0.481 e. The maximum atomic E-state index is 12.2. The molecule has 3 unspecified atom stereocenters. The lowest BCUT2D eigenvalue weighted by atomic mass is 9.89. The molecule has 1 fully saturated rings. The highest BCUT2D eigenvalue weighted by Gasteiger charge is 2.26. The molecule has 0 bridgehead atoms.